The van der Waals surface area contributed by atoms with Crippen LogP contribution in [0.5, 0.6) is 5.75 Å². The Balaban J connectivity index is 1.85. The summed E-state index contributed by atoms with van der Waals surface area (Å²) in [5, 5.41) is 13.0. The summed E-state index contributed by atoms with van der Waals surface area (Å²) in [7, 11) is -4.41. The van der Waals surface area contributed by atoms with Gasteiger partial charge < -0.3 is 24.1 Å². The van der Waals surface area contributed by atoms with Crippen LogP contribution in [0.2, 0.25) is 0 Å². The lowest BCUT2D eigenvalue weighted by Gasteiger charge is -2.25. The number of carbonyl (C=O) groups excluding carboxylic acids is 1. The van der Waals surface area contributed by atoms with Crippen molar-refractivity contribution in [2.24, 2.45) is 5.92 Å². The van der Waals surface area contributed by atoms with Crippen LogP contribution in [0.4, 0.5) is 13.2 Å². The number of nitrogens with one attached hydrogen (secondary N) is 2. The molecule has 16 heteroatoms. The van der Waals surface area contributed by atoms with Gasteiger partial charge >= 0.3 is 19.9 Å². The van der Waals surface area contributed by atoms with Crippen LogP contribution < -0.4 is 9.61 Å². The summed E-state index contributed by atoms with van der Waals surface area (Å²) in [5.74, 6) is -3.06. The topological polar surface area (TPSA) is 124 Å². The molecule has 0 aliphatic carbocycles. The molecule has 1 saturated heterocycles. The van der Waals surface area contributed by atoms with Crippen molar-refractivity contribution in [3.05, 3.63) is 52.0 Å². The van der Waals surface area contributed by atoms with Crippen LogP contribution in [0.1, 0.15) is 27.0 Å². The van der Waals surface area contributed by atoms with Gasteiger partial charge in [0.1, 0.15) is 28.5 Å². The van der Waals surface area contributed by atoms with Crippen molar-refractivity contribution in [3.63, 3.8) is 0 Å². The van der Waals surface area contributed by atoms with Crippen LogP contribution in [0, 0.1) is 15.3 Å². The van der Waals surface area contributed by atoms with E-state index in [9.17, 15) is 27.6 Å². The number of aromatic amines is 1. The van der Waals surface area contributed by atoms with Crippen LogP contribution in [-0.2, 0) is 23.4 Å². The molecule has 0 bridgehead atoms. The van der Waals surface area contributed by atoms with E-state index in [1.54, 1.807) is 32.0 Å². The number of alkyl halides is 3. The van der Waals surface area contributed by atoms with Crippen molar-refractivity contribution >= 4 is 38.2 Å². The lowest BCUT2D eigenvalue weighted by molar-refractivity contribution is -0.211. The van der Waals surface area contributed by atoms with Crippen LogP contribution in [0.3, 0.4) is 0 Å². The number of nitrogens with zero attached hydrogens (tertiary/aromatic N) is 1. The summed E-state index contributed by atoms with van der Waals surface area (Å²) in [6, 6.07) is 7.93. The fourth-order valence-corrected chi connectivity index (χ4v) is 5.61. The summed E-state index contributed by atoms with van der Waals surface area (Å²) in [6.45, 7) is 3.82. The van der Waals surface area contributed by atoms with E-state index in [2.05, 4.69) is 10.1 Å². The Morgan fingerprint density at radius 3 is 2.47 bits per heavy atom. The average Bonchev–Trinajstić information content (AvgIpc) is 3.14. The van der Waals surface area contributed by atoms with Crippen molar-refractivity contribution in [2.45, 2.75) is 57.5 Å². The second-order valence-corrected chi connectivity index (χ2v) is 11.2. The van der Waals surface area contributed by atoms with Gasteiger partial charge in [0.2, 0.25) is 0 Å². The lowest BCUT2D eigenvalue weighted by atomic mass is 9.99. The van der Waals surface area contributed by atoms with Gasteiger partial charge in [0.05, 0.1) is 18.8 Å². The number of aromatic nitrogens is 2. The van der Waals surface area contributed by atoms with E-state index in [4.69, 9.17) is 43.0 Å². The molecule has 0 saturated carbocycles. The Labute approximate surface area is 226 Å². The highest BCUT2D eigenvalue weighted by molar-refractivity contribution is 7.72. The zero-order valence-corrected chi connectivity index (χ0v) is 23.0. The normalized spacial score (nSPS) is 24.1. The van der Waals surface area contributed by atoms with E-state index in [-0.39, 0.29) is 15.2 Å². The number of esters is 1. The molecule has 38 heavy (non-hydrogen) atoms. The number of ether oxygens (including phenoxy) is 2. The first-order valence-corrected chi connectivity index (χ1v) is 13.8. The molecule has 10 nitrogen and oxygen atoms in total. The predicted octanol–water partition coefficient (Wildman–Crippen LogP) is 4.85. The Hall–Kier alpha value is -2.13. The maximum Gasteiger partial charge on any atom is 0.459 e. The smallest absolute Gasteiger partial charge is 0.459 e. The number of para-hydroxylation sites is 1. The molecular formula is C22H27F3N3O7PS2. The summed E-state index contributed by atoms with van der Waals surface area (Å²) in [5.41, 5.74) is 0. The first-order chi connectivity index (χ1) is 17.7. The zero-order valence-electron chi connectivity index (χ0n) is 20.5. The highest BCUT2D eigenvalue weighted by atomic mass is 32.1. The van der Waals surface area contributed by atoms with Gasteiger partial charge in [-0.25, -0.2) is 4.57 Å². The molecule has 1 aliphatic rings. The van der Waals surface area contributed by atoms with Crippen LogP contribution >= 0.6 is 32.2 Å². The SMILES string of the molecule is CC(C)OC(=O)[C@H](C)NP(=O)(OC[C@H]1O[C@@H](n2ccc(=S)[nH]c2=S)[C@@H](C(F)(F)F)C1O)Oc1ccccc1. The highest BCUT2D eigenvalue weighted by Crippen LogP contribution is 2.48. The number of benzene rings is 1. The van der Waals surface area contributed by atoms with Crippen molar-refractivity contribution in [1.29, 1.82) is 0 Å². The maximum absolute atomic E-state index is 14.0. The summed E-state index contributed by atoms with van der Waals surface area (Å²) < 4.78 is 78.0. The van der Waals surface area contributed by atoms with Gasteiger partial charge in [-0.15, -0.1) is 0 Å². The van der Waals surface area contributed by atoms with Gasteiger partial charge in [-0.05, 0) is 51.2 Å². The third kappa shape index (κ3) is 7.72. The third-order valence-corrected chi connectivity index (χ3v) is 7.50. The van der Waals surface area contributed by atoms with Crippen molar-refractivity contribution < 1.29 is 46.2 Å². The molecule has 0 spiro atoms. The first kappa shape index (κ1) is 30.4. The molecule has 3 N–H and O–H groups in total. The molecule has 1 aromatic carbocycles. The summed E-state index contributed by atoms with van der Waals surface area (Å²) in [4.78, 5) is 14.8. The number of hydrogen-bond acceptors (Lipinski definition) is 9. The van der Waals surface area contributed by atoms with Gasteiger partial charge in [0.25, 0.3) is 0 Å². The predicted molar refractivity (Wildman–Crippen MR) is 134 cm³/mol. The molecular weight excluding hydrogens is 570 g/mol. The summed E-state index contributed by atoms with van der Waals surface area (Å²) >= 11 is 10.0. The van der Waals surface area contributed by atoms with Gasteiger partial charge in [0, 0.05) is 6.20 Å². The van der Waals surface area contributed by atoms with Crippen molar-refractivity contribution in [1.82, 2.24) is 14.6 Å². The molecule has 2 unspecified atom stereocenters. The minimum Gasteiger partial charge on any atom is -0.462 e. The molecule has 1 aromatic heterocycles. The van der Waals surface area contributed by atoms with Crippen LogP contribution in [-0.4, -0.2) is 57.8 Å². The van der Waals surface area contributed by atoms with E-state index < -0.39 is 63.0 Å². The number of H-pyrrole nitrogens is 1. The monoisotopic (exact) mass is 597 g/mol. The molecule has 3 rings (SSSR count). The second-order valence-electron chi connectivity index (χ2n) is 8.67. The first-order valence-electron chi connectivity index (χ1n) is 11.4. The standard InChI is InChI=1S/C22H27F3N3O7PS2/c1-12(2)33-20(30)13(3)27-36(31,35-14-7-5-4-6-8-14)32-11-15-18(29)17(22(23,24)25)19(34-15)28-10-9-16(37)26-21(28)38/h4-10,12-13,15,17-19,29H,11H2,1-3H3,(H,27,31)(H,26,37,38)/t13-,15+,17-,18?,19+,36?/m0/s1. The highest BCUT2D eigenvalue weighted by Gasteiger charge is 2.58. The molecule has 0 amide bonds. The third-order valence-electron chi connectivity index (χ3n) is 5.31. The number of hydrogen-bond donors (Lipinski definition) is 3. The minimum absolute atomic E-state index is 0.0949. The number of carbonyl (C=O) groups is 1. The van der Waals surface area contributed by atoms with Crippen molar-refractivity contribution in [3.8, 4) is 5.75 Å². The Morgan fingerprint density at radius 1 is 1.24 bits per heavy atom. The zero-order chi connectivity index (χ0) is 28.3. The number of rotatable bonds is 10. The molecule has 0 radical (unpaired) electrons. The second kappa shape index (κ2) is 12.4. The van der Waals surface area contributed by atoms with E-state index >= 15 is 0 Å². The molecule has 1 fully saturated rings. The molecule has 2 heterocycles. The average molecular weight is 598 g/mol. The van der Waals surface area contributed by atoms with Gasteiger partial charge in [-0.3, -0.25) is 13.9 Å². The molecule has 2 aromatic rings. The van der Waals surface area contributed by atoms with E-state index in [0.29, 0.717) is 0 Å². The van der Waals surface area contributed by atoms with Gasteiger partial charge in [-0.2, -0.15) is 18.3 Å². The molecule has 210 valence electrons. The van der Waals surface area contributed by atoms with Crippen molar-refractivity contribution in [2.75, 3.05) is 6.61 Å². The Morgan fingerprint density at radius 2 is 1.89 bits per heavy atom. The number of aliphatic hydroxyl groups excluding tert-OH is 1. The van der Waals surface area contributed by atoms with Crippen LogP contribution in [0.25, 0.3) is 0 Å². The van der Waals surface area contributed by atoms with E-state index in [1.807, 2.05) is 0 Å². The quantitative estimate of drug-likeness (QED) is 0.199. The molecule has 6 atom stereocenters. The summed E-state index contributed by atoms with van der Waals surface area (Å²) in [6.07, 6.45) is -9.60. The number of aliphatic hydroxyl groups is 1. The Bertz CT molecular complexity index is 1280. The maximum atomic E-state index is 14.0. The minimum atomic E-state index is -4.89. The Kier molecular flexibility index (Phi) is 9.90. The largest absolute Gasteiger partial charge is 0.462 e. The molecule has 1 aliphatic heterocycles. The van der Waals surface area contributed by atoms with Gasteiger partial charge in [-0.1, -0.05) is 30.4 Å². The fraction of sp³-hybridized carbons (Fsp3) is 0.500. The lowest BCUT2D eigenvalue weighted by Crippen LogP contribution is -2.40. The van der Waals surface area contributed by atoms with E-state index in [0.717, 1.165) is 4.57 Å². The van der Waals surface area contributed by atoms with Gasteiger partial charge in [0.15, 0.2) is 11.0 Å². The van der Waals surface area contributed by atoms with E-state index in [1.165, 1.54) is 31.3 Å². The van der Waals surface area contributed by atoms with Crippen LogP contribution in [0.15, 0.2) is 42.6 Å². The number of halogens is 3. The fourth-order valence-electron chi connectivity index (χ4n) is 3.61.